The second-order valence-corrected chi connectivity index (χ2v) is 5.86. The minimum Gasteiger partial charge on any atom is -0.393 e. The number of thioether (sulfide) groups is 1. The summed E-state index contributed by atoms with van der Waals surface area (Å²) < 4.78 is 0. The monoisotopic (exact) mass is 280 g/mol. The molecule has 104 valence electrons. The molecule has 1 aliphatic rings. The molecule has 0 aromatic carbocycles. The van der Waals surface area contributed by atoms with Crippen LogP contribution in [0.5, 0.6) is 0 Å². The van der Waals surface area contributed by atoms with Crippen LogP contribution < -0.4 is 5.32 Å². The zero-order valence-corrected chi connectivity index (χ0v) is 11.7. The van der Waals surface area contributed by atoms with E-state index >= 15 is 0 Å². The number of hydrogen-bond acceptors (Lipinski definition) is 4. The van der Waals surface area contributed by atoms with E-state index in [9.17, 15) is 9.90 Å². The van der Waals surface area contributed by atoms with Crippen molar-refractivity contribution < 1.29 is 9.90 Å². The molecule has 0 radical (unpaired) electrons. The van der Waals surface area contributed by atoms with Crippen molar-refractivity contribution in [2.45, 2.75) is 31.1 Å². The number of rotatable bonds is 6. The summed E-state index contributed by atoms with van der Waals surface area (Å²) in [5.74, 6) is 1.48. The van der Waals surface area contributed by atoms with E-state index in [1.807, 2.05) is 18.2 Å². The van der Waals surface area contributed by atoms with Gasteiger partial charge in [0.15, 0.2) is 0 Å². The lowest BCUT2D eigenvalue weighted by Crippen LogP contribution is -2.33. The number of aliphatic hydroxyl groups is 1. The zero-order chi connectivity index (χ0) is 13.5. The number of aliphatic hydroxyl groups excluding tert-OH is 1. The van der Waals surface area contributed by atoms with Gasteiger partial charge in [-0.25, -0.2) is 0 Å². The number of pyridine rings is 1. The third-order valence-electron chi connectivity index (χ3n) is 3.39. The number of nitrogens with zero attached hydrogens (tertiary/aromatic N) is 1. The van der Waals surface area contributed by atoms with E-state index in [2.05, 4.69) is 10.3 Å². The van der Waals surface area contributed by atoms with E-state index in [1.54, 1.807) is 18.0 Å². The molecule has 0 aliphatic heterocycles. The second kappa shape index (κ2) is 7.50. The second-order valence-electron chi connectivity index (χ2n) is 4.88. The Morgan fingerprint density at radius 2 is 2.37 bits per heavy atom. The number of carbonyl (C=O) groups excluding carboxylic acids is 1. The van der Waals surface area contributed by atoms with E-state index < -0.39 is 0 Å². The molecule has 0 bridgehead atoms. The first kappa shape index (κ1) is 14.3. The molecule has 1 aliphatic carbocycles. The van der Waals surface area contributed by atoms with E-state index in [0.29, 0.717) is 12.3 Å². The predicted octanol–water partition coefficient (Wildman–Crippen LogP) is 1.59. The standard InChI is InChI=1S/C14H20N2O2S/c17-13-6-3-4-11(13)8-16-14(18)10-19-9-12-5-1-2-7-15-12/h1-2,5,7,11,13,17H,3-4,6,8-10H2,(H,16,18). The molecule has 2 unspecified atom stereocenters. The quantitative estimate of drug-likeness (QED) is 0.831. The van der Waals surface area contributed by atoms with Crippen LogP contribution in [0.3, 0.4) is 0 Å². The van der Waals surface area contributed by atoms with E-state index in [-0.39, 0.29) is 17.9 Å². The third kappa shape index (κ3) is 4.84. The molecular weight excluding hydrogens is 260 g/mol. The van der Waals surface area contributed by atoms with Crippen LogP contribution >= 0.6 is 11.8 Å². The van der Waals surface area contributed by atoms with Gasteiger partial charge in [-0.3, -0.25) is 9.78 Å². The molecule has 0 spiro atoms. The molecule has 1 aromatic rings. The Labute approximate surface area is 118 Å². The van der Waals surface area contributed by atoms with Gasteiger partial charge in [0.2, 0.25) is 5.91 Å². The average Bonchev–Trinajstić information content (AvgIpc) is 2.83. The first-order valence-electron chi connectivity index (χ1n) is 6.68. The number of nitrogens with one attached hydrogen (secondary N) is 1. The molecule has 2 rings (SSSR count). The SMILES string of the molecule is O=C(CSCc1ccccn1)NCC1CCCC1O. The topological polar surface area (TPSA) is 62.2 Å². The summed E-state index contributed by atoms with van der Waals surface area (Å²) in [6, 6.07) is 5.79. The molecule has 1 amide bonds. The fourth-order valence-corrected chi connectivity index (χ4v) is 3.05. The number of hydrogen-bond donors (Lipinski definition) is 2. The maximum absolute atomic E-state index is 11.7. The fraction of sp³-hybridized carbons (Fsp3) is 0.571. The summed E-state index contributed by atoms with van der Waals surface area (Å²) in [6.07, 6.45) is 4.48. The van der Waals surface area contributed by atoms with Crippen LogP contribution in [-0.4, -0.2) is 34.4 Å². The number of aromatic nitrogens is 1. The highest BCUT2D eigenvalue weighted by Crippen LogP contribution is 2.24. The van der Waals surface area contributed by atoms with Crippen LogP contribution in [0.25, 0.3) is 0 Å². The third-order valence-corrected chi connectivity index (χ3v) is 4.36. The van der Waals surface area contributed by atoms with Crippen molar-refractivity contribution in [1.82, 2.24) is 10.3 Å². The van der Waals surface area contributed by atoms with Gasteiger partial charge in [0, 0.05) is 24.4 Å². The van der Waals surface area contributed by atoms with Crippen molar-refractivity contribution in [2.24, 2.45) is 5.92 Å². The van der Waals surface area contributed by atoms with Crippen LogP contribution in [0, 0.1) is 5.92 Å². The lowest BCUT2D eigenvalue weighted by molar-refractivity contribution is -0.118. The Hall–Kier alpha value is -1.07. The van der Waals surface area contributed by atoms with Crippen molar-refractivity contribution in [1.29, 1.82) is 0 Å². The van der Waals surface area contributed by atoms with Crippen LogP contribution in [0.2, 0.25) is 0 Å². The normalized spacial score (nSPS) is 22.4. The van der Waals surface area contributed by atoms with Gasteiger partial charge in [-0.15, -0.1) is 11.8 Å². The van der Waals surface area contributed by atoms with Gasteiger partial charge >= 0.3 is 0 Å². The summed E-state index contributed by atoms with van der Waals surface area (Å²) in [5, 5.41) is 12.6. The van der Waals surface area contributed by atoms with Crippen LogP contribution in [0.1, 0.15) is 25.0 Å². The van der Waals surface area contributed by atoms with Crippen LogP contribution in [0.15, 0.2) is 24.4 Å². The minimum absolute atomic E-state index is 0.0417. The summed E-state index contributed by atoms with van der Waals surface area (Å²) >= 11 is 1.56. The van der Waals surface area contributed by atoms with Crippen molar-refractivity contribution in [2.75, 3.05) is 12.3 Å². The largest absolute Gasteiger partial charge is 0.393 e. The molecular formula is C14H20N2O2S. The maximum Gasteiger partial charge on any atom is 0.230 e. The molecule has 5 heteroatoms. The van der Waals surface area contributed by atoms with Crippen LogP contribution in [0.4, 0.5) is 0 Å². The zero-order valence-electron chi connectivity index (χ0n) is 10.9. The highest BCUT2D eigenvalue weighted by molar-refractivity contribution is 7.99. The molecule has 4 nitrogen and oxygen atoms in total. The number of amides is 1. The van der Waals surface area contributed by atoms with E-state index in [4.69, 9.17) is 0 Å². The first-order chi connectivity index (χ1) is 9.25. The Morgan fingerprint density at radius 3 is 3.05 bits per heavy atom. The molecule has 0 saturated heterocycles. The van der Waals surface area contributed by atoms with Gasteiger partial charge in [0.05, 0.1) is 17.6 Å². The molecule has 19 heavy (non-hydrogen) atoms. The van der Waals surface area contributed by atoms with Gasteiger partial charge in [-0.1, -0.05) is 12.5 Å². The Kier molecular flexibility index (Phi) is 5.66. The van der Waals surface area contributed by atoms with E-state index in [0.717, 1.165) is 30.7 Å². The molecule has 1 saturated carbocycles. The van der Waals surface area contributed by atoms with Gasteiger partial charge in [0.25, 0.3) is 0 Å². The molecule has 2 N–H and O–H groups in total. The predicted molar refractivity (Wildman–Crippen MR) is 76.8 cm³/mol. The molecule has 1 aromatic heterocycles. The smallest absolute Gasteiger partial charge is 0.230 e. The van der Waals surface area contributed by atoms with Gasteiger partial charge in [0.1, 0.15) is 0 Å². The summed E-state index contributed by atoms with van der Waals surface area (Å²) in [7, 11) is 0. The van der Waals surface area contributed by atoms with Crippen molar-refractivity contribution >= 4 is 17.7 Å². The van der Waals surface area contributed by atoms with Crippen LogP contribution in [-0.2, 0) is 10.5 Å². The molecule has 2 atom stereocenters. The first-order valence-corrected chi connectivity index (χ1v) is 7.83. The van der Waals surface area contributed by atoms with Gasteiger partial charge < -0.3 is 10.4 Å². The van der Waals surface area contributed by atoms with Crippen molar-refractivity contribution in [3.8, 4) is 0 Å². The minimum atomic E-state index is -0.235. The summed E-state index contributed by atoms with van der Waals surface area (Å²) in [4.78, 5) is 15.9. The average molecular weight is 280 g/mol. The number of carbonyl (C=O) groups is 1. The summed E-state index contributed by atoms with van der Waals surface area (Å²) in [6.45, 7) is 0.601. The van der Waals surface area contributed by atoms with Gasteiger partial charge in [-0.05, 0) is 25.0 Å². The highest BCUT2D eigenvalue weighted by atomic mass is 32.2. The Bertz CT molecular complexity index is 400. The Balaban J connectivity index is 1.59. The lowest BCUT2D eigenvalue weighted by Gasteiger charge is -2.14. The Morgan fingerprint density at radius 1 is 1.47 bits per heavy atom. The molecule has 1 fully saturated rings. The van der Waals surface area contributed by atoms with Crippen molar-refractivity contribution in [3.05, 3.63) is 30.1 Å². The van der Waals surface area contributed by atoms with Gasteiger partial charge in [-0.2, -0.15) is 0 Å². The highest BCUT2D eigenvalue weighted by Gasteiger charge is 2.25. The van der Waals surface area contributed by atoms with Crippen molar-refractivity contribution in [3.63, 3.8) is 0 Å². The lowest BCUT2D eigenvalue weighted by atomic mass is 10.1. The van der Waals surface area contributed by atoms with E-state index in [1.165, 1.54) is 0 Å². The molecule has 1 heterocycles. The summed E-state index contributed by atoms with van der Waals surface area (Å²) in [5.41, 5.74) is 0.992. The fourth-order valence-electron chi connectivity index (χ4n) is 2.28. The maximum atomic E-state index is 11.7.